The average molecular weight is 301 g/mol. The molecule has 1 amide bonds. The minimum absolute atomic E-state index is 0.0764. The fourth-order valence-electron chi connectivity index (χ4n) is 3.15. The van der Waals surface area contributed by atoms with E-state index in [0.717, 1.165) is 18.4 Å². The summed E-state index contributed by atoms with van der Waals surface area (Å²) < 4.78 is 5.25. The van der Waals surface area contributed by atoms with Crippen molar-refractivity contribution in [2.45, 2.75) is 43.9 Å². The molecule has 1 unspecified atom stereocenters. The molecule has 0 heterocycles. The highest BCUT2D eigenvalue weighted by Gasteiger charge is 2.41. The van der Waals surface area contributed by atoms with Gasteiger partial charge in [-0.05, 0) is 47.6 Å². The highest BCUT2D eigenvalue weighted by atomic mass is 16.5. The highest BCUT2D eigenvalue weighted by Crippen LogP contribution is 2.41. The van der Waals surface area contributed by atoms with E-state index in [0.29, 0.717) is 25.0 Å². The first kappa shape index (κ1) is 16.0. The monoisotopic (exact) mass is 301 g/mol. The molecule has 1 aromatic rings. The third-order valence-corrected chi connectivity index (χ3v) is 4.34. The zero-order valence-corrected chi connectivity index (χ0v) is 12.6. The molecule has 1 aliphatic carbocycles. The molecule has 0 saturated heterocycles. The first-order chi connectivity index (χ1) is 10.6. The predicted molar refractivity (Wildman–Crippen MR) is 81.5 cm³/mol. The molecule has 1 fully saturated rings. The number of hydrogen-bond acceptors (Lipinski definition) is 3. The Bertz CT molecular complexity index is 623. The Morgan fingerprint density at radius 3 is 2.95 bits per heavy atom. The second-order valence-corrected chi connectivity index (χ2v) is 5.53. The summed E-state index contributed by atoms with van der Waals surface area (Å²) in [7, 11) is 1.58. The number of azide groups is 1. The molecular formula is C16H19N3O3. The molecule has 0 spiro atoms. The van der Waals surface area contributed by atoms with Gasteiger partial charge in [-0.1, -0.05) is 18.6 Å². The van der Waals surface area contributed by atoms with Gasteiger partial charge in [0.1, 0.15) is 11.5 Å². The maximum atomic E-state index is 12.6. The molecule has 22 heavy (non-hydrogen) atoms. The summed E-state index contributed by atoms with van der Waals surface area (Å²) in [5, 5.41) is 3.10. The van der Waals surface area contributed by atoms with Gasteiger partial charge in [-0.2, -0.15) is 0 Å². The molecule has 6 heteroatoms. The van der Waals surface area contributed by atoms with Crippen LogP contribution in [0.25, 0.3) is 10.4 Å². The average Bonchev–Trinajstić information content (AvgIpc) is 2.55. The fourth-order valence-corrected chi connectivity index (χ4v) is 3.15. The summed E-state index contributed by atoms with van der Waals surface area (Å²) in [5.41, 5.74) is 8.54. The lowest BCUT2D eigenvalue weighted by atomic mass is 9.66. The lowest BCUT2D eigenvalue weighted by molar-refractivity contribution is -0.127. The molecule has 1 saturated carbocycles. The van der Waals surface area contributed by atoms with Crippen LogP contribution in [0.4, 0.5) is 0 Å². The molecule has 0 aromatic heterocycles. The molecule has 1 aromatic carbocycles. The molecule has 0 bridgehead atoms. The highest BCUT2D eigenvalue weighted by molar-refractivity contribution is 5.91. The van der Waals surface area contributed by atoms with Crippen molar-refractivity contribution in [2.75, 3.05) is 7.11 Å². The van der Waals surface area contributed by atoms with Crippen LogP contribution in [0.3, 0.4) is 0 Å². The van der Waals surface area contributed by atoms with E-state index in [1.54, 1.807) is 7.11 Å². The molecule has 116 valence electrons. The Morgan fingerprint density at radius 2 is 2.27 bits per heavy atom. The second kappa shape index (κ2) is 7.09. The third-order valence-electron chi connectivity index (χ3n) is 4.34. The van der Waals surface area contributed by atoms with Crippen LogP contribution in [0, 0.1) is 0 Å². The zero-order valence-electron chi connectivity index (χ0n) is 12.6. The Hall–Kier alpha value is -2.33. The normalized spacial score (nSPS) is 21.0. The van der Waals surface area contributed by atoms with Crippen LogP contribution in [0.15, 0.2) is 29.4 Å². The Balaban J connectivity index is 2.34. The van der Waals surface area contributed by atoms with Gasteiger partial charge in [-0.15, -0.1) is 0 Å². The van der Waals surface area contributed by atoms with Gasteiger partial charge >= 0.3 is 0 Å². The van der Waals surface area contributed by atoms with Gasteiger partial charge in [0, 0.05) is 17.8 Å². The lowest BCUT2D eigenvalue weighted by Crippen LogP contribution is -2.39. The van der Waals surface area contributed by atoms with Crippen LogP contribution < -0.4 is 4.74 Å². The number of amides is 1. The quantitative estimate of drug-likeness (QED) is 0.471. The van der Waals surface area contributed by atoms with Crippen molar-refractivity contribution in [3.05, 3.63) is 40.3 Å². The summed E-state index contributed by atoms with van der Waals surface area (Å²) in [6, 6.07) is 7.45. The van der Waals surface area contributed by atoms with Crippen molar-refractivity contribution in [2.24, 2.45) is 5.11 Å². The zero-order chi connectivity index (χ0) is 16.0. The minimum atomic E-state index is -0.673. The lowest BCUT2D eigenvalue weighted by Gasteiger charge is -2.36. The van der Waals surface area contributed by atoms with E-state index >= 15 is 0 Å². The van der Waals surface area contributed by atoms with Crippen molar-refractivity contribution in [3.63, 3.8) is 0 Å². The number of rotatable bonds is 5. The SMILES string of the molecule is COc1cccc(C2(CCC(=O)N=[N+]=[N-])CCCCC2=O)c1. The summed E-state index contributed by atoms with van der Waals surface area (Å²) in [5.74, 6) is 0.320. The summed E-state index contributed by atoms with van der Waals surface area (Å²) in [6.45, 7) is 0. The topological polar surface area (TPSA) is 92.1 Å². The van der Waals surface area contributed by atoms with Crippen molar-refractivity contribution < 1.29 is 14.3 Å². The number of carbonyl (C=O) groups is 2. The standard InChI is InChI=1S/C16H19N3O3/c1-22-13-6-4-5-12(11-13)16(9-3-2-7-14(16)20)10-8-15(21)18-19-17/h4-6,11H,2-3,7-10H2,1H3. The van der Waals surface area contributed by atoms with Crippen molar-refractivity contribution >= 4 is 11.7 Å². The van der Waals surface area contributed by atoms with E-state index in [1.807, 2.05) is 24.3 Å². The number of hydrogen-bond donors (Lipinski definition) is 0. The van der Waals surface area contributed by atoms with Crippen LogP contribution >= 0.6 is 0 Å². The van der Waals surface area contributed by atoms with Crippen molar-refractivity contribution in [1.29, 1.82) is 0 Å². The third kappa shape index (κ3) is 3.28. The van der Waals surface area contributed by atoms with Gasteiger partial charge in [-0.25, -0.2) is 0 Å². The van der Waals surface area contributed by atoms with Crippen LogP contribution in [-0.4, -0.2) is 18.8 Å². The Labute approximate surface area is 129 Å². The second-order valence-electron chi connectivity index (χ2n) is 5.53. The molecule has 1 aliphatic rings. The maximum absolute atomic E-state index is 12.6. The van der Waals surface area contributed by atoms with Crippen molar-refractivity contribution in [3.8, 4) is 5.75 Å². The van der Waals surface area contributed by atoms with E-state index in [9.17, 15) is 9.59 Å². The number of carbonyl (C=O) groups excluding carboxylic acids is 2. The van der Waals surface area contributed by atoms with Gasteiger partial charge in [-0.3, -0.25) is 9.59 Å². The summed E-state index contributed by atoms with van der Waals surface area (Å²) in [4.78, 5) is 26.7. The molecule has 0 radical (unpaired) electrons. The largest absolute Gasteiger partial charge is 0.497 e. The predicted octanol–water partition coefficient (Wildman–Crippen LogP) is 3.69. The molecular weight excluding hydrogens is 282 g/mol. The van der Waals surface area contributed by atoms with Crippen LogP contribution in [0.1, 0.15) is 44.1 Å². The van der Waals surface area contributed by atoms with E-state index < -0.39 is 11.3 Å². The summed E-state index contributed by atoms with van der Waals surface area (Å²) in [6.07, 6.45) is 3.51. The Morgan fingerprint density at radius 1 is 1.45 bits per heavy atom. The van der Waals surface area contributed by atoms with E-state index in [1.165, 1.54) is 0 Å². The van der Waals surface area contributed by atoms with E-state index in [-0.39, 0.29) is 12.2 Å². The Kier molecular flexibility index (Phi) is 5.17. The minimum Gasteiger partial charge on any atom is -0.497 e. The smallest absolute Gasteiger partial charge is 0.218 e. The van der Waals surface area contributed by atoms with Gasteiger partial charge in [0.2, 0.25) is 5.91 Å². The van der Waals surface area contributed by atoms with Gasteiger partial charge < -0.3 is 4.74 Å². The number of Topliss-reactive ketones (excluding diaryl/α,β-unsaturated/α-hetero) is 1. The van der Waals surface area contributed by atoms with Gasteiger partial charge in [0.05, 0.1) is 12.5 Å². The maximum Gasteiger partial charge on any atom is 0.218 e. The first-order valence-electron chi connectivity index (χ1n) is 7.38. The van der Waals surface area contributed by atoms with Gasteiger partial charge in [0.15, 0.2) is 0 Å². The fraction of sp³-hybridized carbons (Fsp3) is 0.500. The molecule has 0 N–H and O–H groups in total. The molecule has 6 nitrogen and oxygen atoms in total. The van der Waals surface area contributed by atoms with Gasteiger partial charge in [0.25, 0.3) is 0 Å². The van der Waals surface area contributed by atoms with Crippen molar-refractivity contribution in [1.82, 2.24) is 0 Å². The molecule has 2 rings (SSSR count). The van der Waals surface area contributed by atoms with Crippen LogP contribution in [-0.2, 0) is 15.0 Å². The molecule has 1 atom stereocenters. The molecule has 0 aliphatic heterocycles. The van der Waals surface area contributed by atoms with E-state index in [4.69, 9.17) is 10.3 Å². The number of benzene rings is 1. The first-order valence-corrected chi connectivity index (χ1v) is 7.38. The van der Waals surface area contributed by atoms with Crippen LogP contribution in [0.5, 0.6) is 5.75 Å². The summed E-state index contributed by atoms with van der Waals surface area (Å²) >= 11 is 0. The van der Waals surface area contributed by atoms with E-state index in [2.05, 4.69) is 10.0 Å². The number of nitrogens with zero attached hydrogens (tertiary/aromatic N) is 3. The number of ketones is 1. The number of ether oxygens (including phenoxy) is 1. The number of methoxy groups -OCH3 is 1. The van der Waals surface area contributed by atoms with Crippen LogP contribution in [0.2, 0.25) is 0 Å².